The van der Waals surface area contributed by atoms with E-state index in [1.54, 1.807) is 0 Å². The highest BCUT2D eigenvalue weighted by atomic mass is 31.2. The number of rotatable bonds is 36. The number of phosphoric acid groups is 1. The average Bonchev–Trinajstić information content (AvgIpc) is 3.17. The maximum absolute atomic E-state index is 12.4. The zero-order chi connectivity index (χ0) is 41.1. The van der Waals surface area contributed by atoms with Crippen LogP contribution in [0.1, 0.15) is 142 Å². The lowest BCUT2D eigenvalue weighted by Crippen LogP contribution is -2.29. The molecule has 0 aromatic heterocycles. The van der Waals surface area contributed by atoms with Crippen molar-refractivity contribution in [2.75, 3.05) is 13.2 Å². The third-order valence-corrected chi connectivity index (χ3v) is 8.46. The van der Waals surface area contributed by atoms with E-state index in [1.165, 1.54) is 0 Å². The van der Waals surface area contributed by atoms with Gasteiger partial charge in [-0.15, -0.1) is 0 Å². The number of unbranched alkanes of at least 4 members (excludes halogenated alkanes) is 6. The Hall–Kier alpha value is -3.55. The van der Waals surface area contributed by atoms with E-state index in [0.29, 0.717) is 12.8 Å². The second-order valence-electron chi connectivity index (χ2n) is 13.2. The molecule has 0 aliphatic heterocycles. The molecular weight excluding hydrogens is 723 g/mol. The van der Waals surface area contributed by atoms with Crippen LogP contribution in [-0.4, -0.2) is 41.0 Å². The molecule has 0 aliphatic rings. The van der Waals surface area contributed by atoms with Crippen LogP contribution < -0.4 is 0 Å². The summed E-state index contributed by atoms with van der Waals surface area (Å²) in [5.74, 6) is -0.975. The molecule has 0 rings (SSSR count). The summed E-state index contributed by atoms with van der Waals surface area (Å²) >= 11 is 0. The van der Waals surface area contributed by atoms with Gasteiger partial charge in [0.25, 0.3) is 0 Å². The summed E-state index contributed by atoms with van der Waals surface area (Å²) in [4.78, 5) is 42.9. The van der Waals surface area contributed by atoms with Crippen LogP contribution in [-0.2, 0) is 28.2 Å². The second-order valence-corrected chi connectivity index (χ2v) is 14.4. The minimum Gasteiger partial charge on any atom is -0.462 e. The van der Waals surface area contributed by atoms with E-state index in [4.69, 9.17) is 19.3 Å². The van der Waals surface area contributed by atoms with Crippen LogP contribution in [0, 0.1) is 0 Å². The Morgan fingerprint density at radius 2 is 0.804 bits per heavy atom. The van der Waals surface area contributed by atoms with Gasteiger partial charge in [0.1, 0.15) is 6.61 Å². The van der Waals surface area contributed by atoms with Gasteiger partial charge in [0, 0.05) is 12.8 Å². The molecule has 56 heavy (non-hydrogen) atoms. The van der Waals surface area contributed by atoms with Crippen LogP contribution in [0.15, 0.2) is 122 Å². The average molecular weight is 797 g/mol. The first-order chi connectivity index (χ1) is 27.3. The van der Waals surface area contributed by atoms with Crippen LogP contribution in [0.25, 0.3) is 0 Å². The fourth-order valence-corrected chi connectivity index (χ4v) is 5.31. The van der Waals surface area contributed by atoms with Crippen LogP contribution in [0.4, 0.5) is 0 Å². The fourth-order valence-electron chi connectivity index (χ4n) is 4.95. The van der Waals surface area contributed by atoms with Crippen LogP contribution in [0.5, 0.6) is 0 Å². The molecule has 0 aromatic carbocycles. The van der Waals surface area contributed by atoms with E-state index in [9.17, 15) is 14.2 Å². The van der Waals surface area contributed by atoms with Gasteiger partial charge in [0.05, 0.1) is 6.61 Å². The molecule has 0 saturated carbocycles. The third kappa shape index (κ3) is 43.2. The Morgan fingerprint density at radius 3 is 1.16 bits per heavy atom. The molecule has 0 fully saturated rings. The molecule has 314 valence electrons. The smallest absolute Gasteiger partial charge is 0.462 e. The molecule has 0 heterocycles. The number of hydrogen-bond donors (Lipinski definition) is 2. The Morgan fingerprint density at radius 1 is 0.464 bits per heavy atom. The Labute approximate surface area is 339 Å². The molecule has 0 aliphatic carbocycles. The number of hydrogen-bond acceptors (Lipinski definition) is 6. The van der Waals surface area contributed by atoms with Crippen molar-refractivity contribution in [3.8, 4) is 0 Å². The molecule has 0 radical (unpaired) electrons. The Kier molecular flexibility index (Phi) is 38.5. The summed E-state index contributed by atoms with van der Waals surface area (Å²) in [5, 5.41) is 0. The van der Waals surface area contributed by atoms with E-state index in [2.05, 4.69) is 140 Å². The van der Waals surface area contributed by atoms with Crippen LogP contribution in [0.3, 0.4) is 0 Å². The van der Waals surface area contributed by atoms with Crippen molar-refractivity contribution in [3.05, 3.63) is 122 Å². The predicted octanol–water partition coefficient (Wildman–Crippen LogP) is 13.0. The Bertz CT molecular complexity index is 1310. The number of carbonyl (C=O) groups excluding carboxylic acids is 2. The molecule has 0 aromatic rings. The molecular formula is C47H73O8P. The lowest BCUT2D eigenvalue weighted by Gasteiger charge is -2.18. The van der Waals surface area contributed by atoms with E-state index in [1.807, 2.05) is 0 Å². The van der Waals surface area contributed by atoms with Crippen molar-refractivity contribution < 1.29 is 37.9 Å². The summed E-state index contributed by atoms with van der Waals surface area (Å²) in [5.41, 5.74) is 0. The van der Waals surface area contributed by atoms with Crippen molar-refractivity contribution in [2.24, 2.45) is 0 Å². The van der Waals surface area contributed by atoms with Gasteiger partial charge in [-0.3, -0.25) is 14.1 Å². The molecule has 8 nitrogen and oxygen atoms in total. The number of allylic oxidation sites excluding steroid dienone is 20. The van der Waals surface area contributed by atoms with Gasteiger partial charge < -0.3 is 19.3 Å². The van der Waals surface area contributed by atoms with Gasteiger partial charge in [0.2, 0.25) is 0 Å². The van der Waals surface area contributed by atoms with E-state index in [-0.39, 0.29) is 19.4 Å². The van der Waals surface area contributed by atoms with Gasteiger partial charge in [-0.05, 0) is 103 Å². The highest BCUT2D eigenvalue weighted by molar-refractivity contribution is 7.46. The minimum absolute atomic E-state index is 0.157. The standard InChI is InChI=1S/C47H73O8P/c1-3-5-7-9-11-13-15-17-19-21-23-25-27-29-31-33-35-37-39-41-46(48)53-43-45(44-54-56(50,51)52)55-47(49)42-40-38-36-34-32-30-28-26-24-22-20-18-16-14-12-10-8-6-4-2/h5-8,11-14,17-20,23-26,29-32,45H,3-4,9-10,15-16,21-22,27-28,33-44H2,1-2H3,(H2,50,51,52)/b7-5-,8-6-,13-11-,14-12-,19-17-,20-18-,25-23-,26-24-,31-29-,32-30-/t45-/m1/s1. The van der Waals surface area contributed by atoms with Crippen LogP contribution >= 0.6 is 7.82 Å². The molecule has 1 atom stereocenters. The quantitative estimate of drug-likeness (QED) is 0.0278. The lowest BCUT2D eigenvalue weighted by molar-refractivity contribution is -0.161. The number of ether oxygens (including phenoxy) is 2. The summed E-state index contributed by atoms with van der Waals surface area (Å²) in [6.07, 6.45) is 59.1. The molecule has 0 spiro atoms. The molecule has 0 bridgehead atoms. The van der Waals surface area contributed by atoms with Gasteiger partial charge in [-0.25, -0.2) is 4.57 Å². The van der Waals surface area contributed by atoms with Gasteiger partial charge in [0.15, 0.2) is 6.10 Å². The molecule has 2 N–H and O–H groups in total. The van der Waals surface area contributed by atoms with E-state index in [0.717, 1.165) is 103 Å². The summed E-state index contributed by atoms with van der Waals surface area (Å²) in [6, 6.07) is 0. The molecule has 9 heteroatoms. The maximum atomic E-state index is 12.4. The number of carbonyl (C=O) groups is 2. The van der Waals surface area contributed by atoms with Crippen molar-refractivity contribution >= 4 is 19.8 Å². The largest absolute Gasteiger partial charge is 0.469 e. The fraction of sp³-hybridized carbons (Fsp3) is 0.532. The van der Waals surface area contributed by atoms with Crippen LogP contribution in [0.2, 0.25) is 0 Å². The first-order valence-electron chi connectivity index (χ1n) is 20.8. The summed E-state index contributed by atoms with van der Waals surface area (Å²) < 4.78 is 26.3. The van der Waals surface area contributed by atoms with Gasteiger partial charge in [-0.2, -0.15) is 0 Å². The van der Waals surface area contributed by atoms with Crippen molar-refractivity contribution in [2.45, 2.75) is 148 Å². The van der Waals surface area contributed by atoms with Gasteiger partial charge in [-0.1, -0.05) is 148 Å². The van der Waals surface area contributed by atoms with Crippen molar-refractivity contribution in [1.82, 2.24) is 0 Å². The highest BCUT2D eigenvalue weighted by Gasteiger charge is 2.22. The van der Waals surface area contributed by atoms with E-state index < -0.39 is 32.5 Å². The topological polar surface area (TPSA) is 119 Å². The molecule has 0 amide bonds. The predicted molar refractivity (Wildman–Crippen MR) is 234 cm³/mol. The normalized spacial score (nSPS) is 13.7. The minimum atomic E-state index is -4.78. The highest BCUT2D eigenvalue weighted by Crippen LogP contribution is 2.36. The van der Waals surface area contributed by atoms with Gasteiger partial charge >= 0.3 is 19.8 Å². The number of phosphoric ester groups is 1. The van der Waals surface area contributed by atoms with Crippen molar-refractivity contribution in [1.29, 1.82) is 0 Å². The second kappa shape index (κ2) is 41.1. The zero-order valence-electron chi connectivity index (χ0n) is 34.5. The summed E-state index contributed by atoms with van der Waals surface area (Å²) in [7, 11) is -4.78. The van der Waals surface area contributed by atoms with E-state index >= 15 is 0 Å². The zero-order valence-corrected chi connectivity index (χ0v) is 35.4. The number of esters is 2. The third-order valence-electron chi connectivity index (χ3n) is 7.98. The monoisotopic (exact) mass is 797 g/mol. The molecule has 0 saturated heterocycles. The maximum Gasteiger partial charge on any atom is 0.469 e. The van der Waals surface area contributed by atoms with Crippen molar-refractivity contribution in [3.63, 3.8) is 0 Å². The first kappa shape index (κ1) is 52.5. The Balaban J connectivity index is 4.10. The lowest BCUT2D eigenvalue weighted by atomic mass is 10.1. The summed E-state index contributed by atoms with van der Waals surface area (Å²) in [6.45, 7) is 3.38. The first-order valence-corrected chi connectivity index (χ1v) is 22.4. The SMILES string of the molecule is CC/C=C\C/C=C\C/C=C\C/C=C\C/C=C\CCCCCC(=O)OC[C@H](COP(=O)(O)O)OC(=O)CCCCC/C=C\C/C=C\C/C=C\C/C=C\C/C=C\CC. The molecule has 0 unspecified atom stereocenters.